The van der Waals surface area contributed by atoms with E-state index in [1.165, 1.54) is 12.8 Å². The Morgan fingerprint density at radius 1 is 1.41 bits per heavy atom. The van der Waals surface area contributed by atoms with E-state index in [2.05, 4.69) is 12.2 Å². The molecular weight excluding hydrogens is 234 g/mol. The van der Waals surface area contributed by atoms with E-state index < -0.39 is 0 Å². The first-order valence-electron chi connectivity index (χ1n) is 6.20. The lowest BCUT2D eigenvalue weighted by atomic mass is 9.94. The molecule has 1 N–H and O–H groups in total. The van der Waals surface area contributed by atoms with Gasteiger partial charge in [-0.25, -0.2) is 0 Å². The van der Waals surface area contributed by atoms with E-state index in [9.17, 15) is 4.79 Å². The predicted octanol–water partition coefficient (Wildman–Crippen LogP) is 3.44. The van der Waals surface area contributed by atoms with Gasteiger partial charge in [0.15, 0.2) is 5.78 Å². The third-order valence-electron chi connectivity index (χ3n) is 3.32. The second kappa shape index (κ2) is 5.65. The first-order chi connectivity index (χ1) is 8.16. The molecule has 0 spiro atoms. The van der Waals surface area contributed by atoms with Crippen molar-refractivity contribution in [2.45, 2.75) is 44.7 Å². The summed E-state index contributed by atoms with van der Waals surface area (Å²) in [5.41, 5.74) is 0.647. The monoisotopic (exact) mass is 251 g/mol. The normalized spacial score (nSPS) is 24.6. The zero-order valence-corrected chi connectivity index (χ0v) is 10.8. The number of hydrogen-bond donors (Lipinski definition) is 1. The van der Waals surface area contributed by atoms with Gasteiger partial charge in [0.2, 0.25) is 0 Å². The van der Waals surface area contributed by atoms with Crippen molar-refractivity contribution < 1.29 is 4.79 Å². The van der Waals surface area contributed by atoms with Gasteiger partial charge in [-0.2, -0.15) is 0 Å². The molecule has 1 fully saturated rings. The van der Waals surface area contributed by atoms with Crippen molar-refractivity contribution in [2.75, 3.05) is 0 Å². The topological polar surface area (TPSA) is 29.1 Å². The molecule has 2 rings (SSSR count). The van der Waals surface area contributed by atoms with Crippen molar-refractivity contribution in [3.63, 3.8) is 0 Å². The Morgan fingerprint density at radius 3 is 2.88 bits per heavy atom. The Kier molecular flexibility index (Phi) is 4.19. The summed E-state index contributed by atoms with van der Waals surface area (Å²) in [6.07, 6.45) is 4.04. The highest BCUT2D eigenvalue weighted by molar-refractivity contribution is 6.33. The van der Waals surface area contributed by atoms with Crippen LogP contribution >= 0.6 is 11.6 Å². The summed E-state index contributed by atoms with van der Waals surface area (Å²) in [6, 6.07) is 8.11. The van der Waals surface area contributed by atoms with Gasteiger partial charge in [-0.3, -0.25) is 4.79 Å². The van der Waals surface area contributed by atoms with Gasteiger partial charge < -0.3 is 5.32 Å². The minimum absolute atomic E-state index is 0.141. The van der Waals surface area contributed by atoms with Crippen LogP contribution in [0.3, 0.4) is 0 Å². The van der Waals surface area contributed by atoms with Gasteiger partial charge in [0, 0.05) is 24.1 Å². The van der Waals surface area contributed by atoms with E-state index in [4.69, 9.17) is 11.6 Å². The number of hydrogen-bond acceptors (Lipinski definition) is 2. The molecule has 0 radical (unpaired) electrons. The third-order valence-corrected chi connectivity index (χ3v) is 3.65. The summed E-state index contributed by atoms with van der Waals surface area (Å²) < 4.78 is 0. The number of Topliss-reactive ketones (excluding diaryl/α,β-unsaturated/α-hetero) is 1. The second-order valence-corrected chi connectivity index (χ2v) is 5.21. The maximum absolute atomic E-state index is 12.1. The van der Waals surface area contributed by atoms with Crippen molar-refractivity contribution in [2.24, 2.45) is 0 Å². The number of rotatable bonds is 3. The van der Waals surface area contributed by atoms with E-state index in [0.717, 1.165) is 6.42 Å². The number of carbonyl (C=O) groups excluding carboxylic acids is 1. The van der Waals surface area contributed by atoms with Crippen LogP contribution in [0.1, 0.15) is 43.0 Å². The number of nitrogens with one attached hydrogen (secondary N) is 1. The highest BCUT2D eigenvalue weighted by Gasteiger charge is 2.21. The molecule has 1 aliphatic rings. The summed E-state index contributed by atoms with van der Waals surface area (Å²) in [6.45, 7) is 2.17. The minimum atomic E-state index is 0.141. The highest BCUT2D eigenvalue weighted by Crippen LogP contribution is 2.20. The Morgan fingerprint density at radius 2 is 2.18 bits per heavy atom. The Bertz CT molecular complexity index is 405. The van der Waals surface area contributed by atoms with Crippen LogP contribution in [0.25, 0.3) is 0 Å². The smallest absolute Gasteiger partial charge is 0.165 e. The first kappa shape index (κ1) is 12.6. The molecule has 1 saturated heterocycles. The fourth-order valence-electron chi connectivity index (χ4n) is 2.42. The molecule has 1 aromatic carbocycles. The maximum atomic E-state index is 12.1. The molecule has 1 aliphatic heterocycles. The lowest BCUT2D eigenvalue weighted by molar-refractivity contribution is 0.0960. The molecular formula is C14H18ClNO. The molecule has 1 aromatic rings. The maximum Gasteiger partial charge on any atom is 0.165 e. The van der Waals surface area contributed by atoms with Gasteiger partial charge in [0.25, 0.3) is 0 Å². The van der Waals surface area contributed by atoms with Crippen LogP contribution in [0.15, 0.2) is 24.3 Å². The van der Waals surface area contributed by atoms with Crippen LogP contribution in [0, 0.1) is 0 Å². The molecule has 0 aromatic heterocycles. The van der Waals surface area contributed by atoms with Crippen molar-refractivity contribution in [3.8, 4) is 0 Å². The summed E-state index contributed by atoms with van der Waals surface area (Å²) in [5, 5.41) is 4.03. The van der Waals surface area contributed by atoms with Crippen LogP contribution in [-0.2, 0) is 0 Å². The standard InChI is InChI=1S/C14H18ClNO/c1-10-5-4-6-11(16-10)9-14(17)12-7-2-3-8-13(12)15/h2-3,7-8,10-11,16H,4-6,9H2,1H3. The van der Waals surface area contributed by atoms with Crippen LogP contribution in [0.2, 0.25) is 5.02 Å². The van der Waals surface area contributed by atoms with E-state index >= 15 is 0 Å². The molecule has 0 aliphatic carbocycles. The average molecular weight is 252 g/mol. The van der Waals surface area contributed by atoms with E-state index in [-0.39, 0.29) is 5.78 Å². The fourth-order valence-corrected chi connectivity index (χ4v) is 2.66. The van der Waals surface area contributed by atoms with Gasteiger partial charge in [0.1, 0.15) is 0 Å². The third kappa shape index (κ3) is 3.30. The lowest BCUT2D eigenvalue weighted by Gasteiger charge is -2.28. The van der Waals surface area contributed by atoms with Gasteiger partial charge in [0.05, 0.1) is 5.02 Å². The minimum Gasteiger partial charge on any atom is -0.311 e. The van der Waals surface area contributed by atoms with Crippen LogP contribution in [0.5, 0.6) is 0 Å². The van der Waals surface area contributed by atoms with Gasteiger partial charge in [-0.15, -0.1) is 0 Å². The average Bonchev–Trinajstić information content (AvgIpc) is 2.29. The molecule has 0 saturated carbocycles. The SMILES string of the molecule is CC1CCCC(CC(=O)c2ccccc2Cl)N1. The summed E-state index contributed by atoms with van der Waals surface area (Å²) in [7, 11) is 0. The molecule has 17 heavy (non-hydrogen) atoms. The molecule has 1 heterocycles. The van der Waals surface area contributed by atoms with Crippen LogP contribution in [-0.4, -0.2) is 17.9 Å². The summed E-state index contributed by atoms with van der Waals surface area (Å²) >= 11 is 6.02. The molecule has 2 nitrogen and oxygen atoms in total. The molecule has 2 atom stereocenters. The Balaban J connectivity index is 1.99. The highest BCUT2D eigenvalue weighted by atomic mass is 35.5. The van der Waals surface area contributed by atoms with Gasteiger partial charge in [-0.1, -0.05) is 30.2 Å². The molecule has 2 unspecified atom stereocenters. The van der Waals surface area contributed by atoms with Gasteiger partial charge >= 0.3 is 0 Å². The number of halogens is 1. The number of carbonyl (C=O) groups is 1. The van der Waals surface area contributed by atoms with E-state index in [1.54, 1.807) is 12.1 Å². The molecule has 92 valence electrons. The zero-order valence-electron chi connectivity index (χ0n) is 10.1. The molecule has 0 amide bonds. The van der Waals surface area contributed by atoms with E-state index in [0.29, 0.717) is 29.1 Å². The summed E-state index contributed by atoms with van der Waals surface area (Å²) in [5.74, 6) is 0.141. The van der Waals surface area contributed by atoms with Crippen molar-refractivity contribution in [3.05, 3.63) is 34.9 Å². The van der Waals surface area contributed by atoms with Gasteiger partial charge in [-0.05, 0) is 31.9 Å². The van der Waals surface area contributed by atoms with Crippen LogP contribution in [0.4, 0.5) is 0 Å². The summed E-state index contributed by atoms with van der Waals surface area (Å²) in [4.78, 5) is 12.1. The second-order valence-electron chi connectivity index (χ2n) is 4.80. The fraction of sp³-hybridized carbons (Fsp3) is 0.500. The lowest BCUT2D eigenvalue weighted by Crippen LogP contribution is -2.41. The largest absolute Gasteiger partial charge is 0.311 e. The van der Waals surface area contributed by atoms with Crippen molar-refractivity contribution in [1.29, 1.82) is 0 Å². The molecule has 3 heteroatoms. The molecule has 0 bridgehead atoms. The Hall–Kier alpha value is -0.860. The number of ketones is 1. The predicted molar refractivity (Wildman–Crippen MR) is 70.6 cm³/mol. The van der Waals surface area contributed by atoms with Crippen molar-refractivity contribution in [1.82, 2.24) is 5.32 Å². The number of benzene rings is 1. The van der Waals surface area contributed by atoms with Crippen LogP contribution < -0.4 is 5.32 Å². The van der Waals surface area contributed by atoms with E-state index in [1.807, 2.05) is 12.1 Å². The zero-order chi connectivity index (χ0) is 12.3. The number of piperidine rings is 1. The Labute approximate surface area is 107 Å². The van der Waals surface area contributed by atoms with Crippen molar-refractivity contribution >= 4 is 17.4 Å². The first-order valence-corrected chi connectivity index (χ1v) is 6.58. The quantitative estimate of drug-likeness (QED) is 0.834.